The Balaban J connectivity index is 2.65. The van der Waals surface area contributed by atoms with E-state index in [1.54, 1.807) is 0 Å². The van der Waals surface area contributed by atoms with E-state index < -0.39 is 0 Å². The molecule has 2 rings (SSSR count). The van der Waals surface area contributed by atoms with Gasteiger partial charge in [0.05, 0.1) is 15.9 Å². The van der Waals surface area contributed by atoms with Crippen molar-refractivity contribution < 1.29 is 0 Å². The van der Waals surface area contributed by atoms with Gasteiger partial charge >= 0.3 is 0 Å². The van der Waals surface area contributed by atoms with Crippen molar-refractivity contribution in [2.45, 2.75) is 19.8 Å². The predicted octanol–water partition coefficient (Wildman–Crippen LogP) is 4.63. The molecule has 0 spiro atoms. The van der Waals surface area contributed by atoms with Crippen LogP contribution in [0.5, 0.6) is 0 Å². The van der Waals surface area contributed by atoms with E-state index in [9.17, 15) is 0 Å². The molecule has 0 aliphatic heterocycles. The quantitative estimate of drug-likeness (QED) is 0.790. The van der Waals surface area contributed by atoms with Crippen LogP contribution < -0.4 is 0 Å². The average molecular weight is 314 g/mol. The molecule has 0 saturated carbocycles. The summed E-state index contributed by atoms with van der Waals surface area (Å²) in [5.74, 6) is 0.381. The van der Waals surface area contributed by atoms with Crippen LogP contribution in [0.25, 0.3) is 11.3 Å². The van der Waals surface area contributed by atoms with Crippen LogP contribution in [-0.4, -0.2) is 9.78 Å². The normalized spacial score (nSPS) is 11.2. The maximum Gasteiger partial charge on any atom is 0.0839 e. The zero-order valence-corrected chi connectivity index (χ0v) is 12.4. The molecule has 0 saturated heterocycles. The van der Waals surface area contributed by atoms with Crippen molar-refractivity contribution in [2.24, 2.45) is 7.05 Å². The summed E-state index contributed by atoms with van der Waals surface area (Å²) in [7, 11) is 1.94. The molecule has 4 heteroatoms. The van der Waals surface area contributed by atoms with Gasteiger partial charge < -0.3 is 0 Å². The molecule has 90 valence electrons. The first-order chi connectivity index (χ1) is 8.02. The van der Waals surface area contributed by atoms with Gasteiger partial charge in [0.15, 0.2) is 0 Å². The van der Waals surface area contributed by atoms with Crippen molar-refractivity contribution in [1.29, 1.82) is 0 Å². The number of hydrogen-bond donors (Lipinski definition) is 0. The number of aromatic nitrogens is 2. The Kier molecular flexibility index (Phi) is 3.59. The number of rotatable bonds is 2. The second kappa shape index (κ2) is 4.83. The molecule has 0 fully saturated rings. The van der Waals surface area contributed by atoms with Crippen molar-refractivity contribution in [2.75, 3.05) is 0 Å². The number of aryl methyl sites for hydroxylation is 1. The van der Waals surface area contributed by atoms with E-state index >= 15 is 0 Å². The monoisotopic (exact) mass is 312 g/mol. The summed E-state index contributed by atoms with van der Waals surface area (Å²) < 4.78 is 2.91. The van der Waals surface area contributed by atoms with Crippen molar-refractivity contribution in [3.05, 3.63) is 39.5 Å². The minimum absolute atomic E-state index is 0.381. The summed E-state index contributed by atoms with van der Waals surface area (Å²) in [6.45, 7) is 4.26. The standard InChI is InChI=1S/C13H14BrClN2/c1-8(2)12-11(14)13(17(3)16-12)9-6-4-5-7-10(9)15/h4-8H,1-3H3. The third-order valence-corrected chi connectivity index (χ3v) is 3.80. The molecule has 1 aromatic carbocycles. The van der Waals surface area contributed by atoms with Crippen LogP contribution in [0.4, 0.5) is 0 Å². The smallest absolute Gasteiger partial charge is 0.0839 e. The van der Waals surface area contributed by atoms with Crippen molar-refractivity contribution in [3.63, 3.8) is 0 Å². The maximum atomic E-state index is 6.23. The summed E-state index contributed by atoms with van der Waals surface area (Å²) in [6, 6.07) is 7.81. The molecule has 0 bridgehead atoms. The van der Waals surface area contributed by atoms with Gasteiger partial charge in [0, 0.05) is 17.6 Å². The van der Waals surface area contributed by atoms with E-state index in [0.29, 0.717) is 5.92 Å². The highest BCUT2D eigenvalue weighted by Gasteiger charge is 2.18. The maximum absolute atomic E-state index is 6.23. The molecule has 2 aromatic rings. The van der Waals surface area contributed by atoms with E-state index in [4.69, 9.17) is 11.6 Å². The van der Waals surface area contributed by atoms with Gasteiger partial charge in [-0.3, -0.25) is 4.68 Å². The van der Waals surface area contributed by atoms with Gasteiger partial charge in [0.25, 0.3) is 0 Å². The van der Waals surface area contributed by atoms with Crippen LogP contribution in [0.1, 0.15) is 25.5 Å². The lowest BCUT2D eigenvalue weighted by molar-refractivity contribution is 0.717. The van der Waals surface area contributed by atoms with Crippen LogP contribution in [0.3, 0.4) is 0 Å². The zero-order chi connectivity index (χ0) is 12.6. The average Bonchev–Trinajstić information content (AvgIpc) is 2.56. The molecule has 0 unspecified atom stereocenters. The topological polar surface area (TPSA) is 17.8 Å². The van der Waals surface area contributed by atoms with E-state index in [-0.39, 0.29) is 0 Å². The Morgan fingerprint density at radius 2 is 1.94 bits per heavy atom. The first-order valence-electron chi connectivity index (χ1n) is 5.49. The number of hydrogen-bond acceptors (Lipinski definition) is 1. The Morgan fingerprint density at radius 1 is 1.29 bits per heavy atom. The molecular weight excluding hydrogens is 300 g/mol. The molecule has 0 atom stereocenters. The summed E-state index contributed by atoms with van der Waals surface area (Å²) in [5.41, 5.74) is 3.09. The van der Waals surface area contributed by atoms with Crippen LogP contribution >= 0.6 is 27.5 Å². The van der Waals surface area contributed by atoms with Crippen LogP contribution in [-0.2, 0) is 7.05 Å². The van der Waals surface area contributed by atoms with Gasteiger partial charge in [0.2, 0.25) is 0 Å². The fraction of sp³-hybridized carbons (Fsp3) is 0.308. The number of nitrogens with zero attached hydrogens (tertiary/aromatic N) is 2. The molecule has 17 heavy (non-hydrogen) atoms. The molecule has 0 amide bonds. The third kappa shape index (κ3) is 2.26. The lowest BCUT2D eigenvalue weighted by Crippen LogP contribution is -1.95. The second-order valence-corrected chi connectivity index (χ2v) is 5.51. The highest BCUT2D eigenvalue weighted by Crippen LogP contribution is 2.37. The Bertz CT molecular complexity index is 546. The SMILES string of the molecule is CC(C)c1nn(C)c(-c2ccccc2Cl)c1Br. The third-order valence-electron chi connectivity index (χ3n) is 2.69. The molecule has 1 aromatic heterocycles. The zero-order valence-electron chi connectivity index (χ0n) is 10.0. The number of halogens is 2. The van der Waals surface area contributed by atoms with Gasteiger partial charge in [-0.25, -0.2) is 0 Å². The summed E-state index contributed by atoms with van der Waals surface area (Å²) >= 11 is 9.86. The summed E-state index contributed by atoms with van der Waals surface area (Å²) in [5, 5.41) is 5.28. The predicted molar refractivity (Wildman–Crippen MR) is 75.4 cm³/mol. The molecule has 1 heterocycles. The number of benzene rings is 1. The van der Waals surface area contributed by atoms with Crippen molar-refractivity contribution in [3.8, 4) is 11.3 Å². The Hall–Kier alpha value is -0.800. The van der Waals surface area contributed by atoms with E-state index in [2.05, 4.69) is 34.9 Å². The van der Waals surface area contributed by atoms with Crippen molar-refractivity contribution in [1.82, 2.24) is 9.78 Å². The lowest BCUT2D eigenvalue weighted by atomic mass is 10.1. The first kappa shape index (κ1) is 12.7. The highest BCUT2D eigenvalue weighted by atomic mass is 79.9. The Morgan fingerprint density at radius 3 is 2.47 bits per heavy atom. The molecule has 0 aliphatic rings. The minimum atomic E-state index is 0.381. The lowest BCUT2D eigenvalue weighted by Gasteiger charge is -2.05. The fourth-order valence-corrected chi connectivity index (χ4v) is 3.07. The molecule has 0 aliphatic carbocycles. The first-order valence-corrected chi connectivity index (χ1v) is 6.66. The molecule has 2 nitrogen and oxygen atoms in total. The summed E-state index contributed by atoms with van der Waals surface area (Å²) in [6.07, 6.45) is 0. The van der Waals surface area contributed by atoms with Crippen LogP contribution in [0, 0.1) is 0 Å². The van der Waals surface area contributed by atoms with Crippen LogP contribution in [0.15, 0.2) is 28.7 Å². The minimum Gasteiger partial charge on any atom is -0.266 e. The van der Waals surface area contributed by atoms with E-state index in [0.717, 1.165) is 26.4 Å². The van der Waals surface area contributed by atoms with Gasteiger partial charge in [-0.05, 0) is 27.9 Å². The van der Waals surface area contributed by atoms with Gasteiger partial charge in [-0.15, -0.1) is 0 Å². The second-order valence-electron chi connectivity index (χ2n) is 4.31. The van der Waals surface area contributed by atoms with Gasteiger partial charge in [0.1, 0.15) is 0 Å². The highest BCUT2D eigenvalue weighted by molar-refractivity contribution is 9.10. The Labute approximate surface area is 115 Å². The largest absolute Gasteiger partial charge is 0.266 e. The molecular formula is C13H14BrClN2. The van der Waals surface area contributed by atoms with Gasteiger partial charge in [-0.2, -0.15) is 5.10 Å². The van der Waals surface area contributed by atoms with E-state index in [1.165, 1.54) is 0 Å². The van der Waals surface area contributed by atoms with E-state index in [1.807, 2.05) is 36.0 Å². The fourth-order valence-electron chi connectivity index (χ4n) is 1.83. The molecule has 0 N–H and O–H groups in total. The summed E-state index contributed by atoms with van der Waals surface area (Å²) in [4.78, 5) is 0. The van der Waals surface area contributed by atoms with Gasteiger partial charge in [-0.1, -0.05) is 43.6 Å². The van der Waals surface area contributed by atoms with Crippen molar-refractivity contribution >= 4 is 27.5 Å². The molecule has 0 radical (unpaired) electrons. The van der Waals surface area contributed by atoms with Crippen LogP contribution in [0.2, 0.25) is 5.02 Å².